The molecule has 1 aliphatic heterocycles. The second-order valence-electron chi connectivity index (χ2n) is 5.82. The third-order valence-electron chi connectivity index (χ3n) is 3.80. The van der Waals surface area contributed by atoms with Gasteiger partial charge in [-0.15, -0.1) is 0 Å². The molecule has 132 valence electrons. The Bertz CT molecular complexity index is 907. The van der Waals surface area contributed by atoms with Crippen molar-refractivity contribution in [1.29, 1.82) is 0 Å². The molecule has 0 unspecified atom stereocenters. The predicted octanol–water partition coefficient (Wildman–Crippen LogP) is 2.67. The molecule has 3 rings (SSSR count). The number of aryl methyl sites for hydroxylation is 1. The van der Waals surface area contributed by atoms with Gasteiger partial charge in [-0.1, -0.05) is 35.9 Å². The van der Waals surface area contributed by atoms with E-state index in [1.165, 1.54) is 24.3 Å². The highest BCUT2D eigenvalue weighted by atomic mass is 19.1. The summed E-state index contributed by atoms with van der Waals surface area (Å²) in [5.74, 6) is -1.71. The van der Waals surface area contributed by atoms with Gasteiger partial charge in [-0.25, -0.2) is 14.1 Å². The number of rotatable bonds is 4. The van der Waals surface area contributed by atoms with E-state index >= 15 is 0 Å². The van der Waals surface area contributed by atoms with Gasteiger partial charge in [-0.3, -0.25) is 9.59 Å². The van der Waals surface area contributed by atoms with Crippen LogP contribution in [0.25, 0.3) is 6.08 Å². The Labute approximate surface area is 149 Å². The molecule has 2 aromatic rings. The van der Waals surface area contributed by atoms with Crippen LogP contribution in [0, 0.1) is 12.7 Å². The molecule has 0 aromatic heterocycles. The Kier molecular flexibility index (Phi) is 4.79. The van der Waals surface area contributed by atoms with Crippen LogP contribution in [0.5, 0.6) is 0 Å². The topological polar surface area (TPSA) is 78.5 Å². The number of nitrogens with zero attached hydrogens (tertiary/aromatic N) is 1. The first kappa shape index (κ1) is 17.3. The Balaban J connectivity index is 1.70. The molecule has 1 saturated heterocycles. The second kappa shape index (κ2) is 7.18. The number of amides is 4. The number of imide groups is 1. The van der Waals surface area contributed by atoms with Crippen molar-refractivity contribution in [2.45, 2.75) is 6.92 Å². The van der Waals surface area contributed by atoms with Crippen molar-refractivity contribution in [3.05, 3.63) is 71.2 Å². The summed E-state index contributed by atoms with van der Waals surface area (Å²) in [4.78, 5) is 37.2. The minimum absolute atomic E-state index is 0.0803. The van der Waals surface area contributed by atoms with Crippen LogP contribution in [-0.2, 0) is 9.59 Å². The molecule has 0 spiro atoms. The molecule has 0 aliphatic carbocycles. The highest BCUT2D eigenvalue weighted by Gasteiger charge is 2.35. The average molecular weight is 353 g/mol. The number of nitrogens with one attached hydrogen (secondary N) is 2. The van der Waals surface area contributed by atoms with Gasteiger partial charge in [0.1, 0.15) is 18.1 Å². The van der Waals surface area contributed by atoms with Crippen LogP contribution < -0.4 is 10.6 Å². The predicted molar refractivity (Wildman–Crippen MR) is 94.4 cm³/mol. The smallest absolute Gasteiger partial charge is 0.325 e. The maximum absolute atomic E-state index is 13.7. The summed E-state index contributed by atoms with van der Waals surface area (Å²) < 4.78 is 13.7. The summed E-state index contributed by atoms with van der Waals surface area (Å²) >= 11 is 0. The van der Waals surface area contributed by atoms with E-state index in [1.54, 1.807) is 18.2 Å². The summed E-state index contributed by atoms with van der Waals surface area (Å²) in [6, 6.07) is 12.3. The number of anilines is 1. The monoisotopic (exact) mass is 353 g/mol. The van der Waals surface area contributed by atoms with E-state index in [4.69, 9.17) is 0 Å². The zero-order chi connectivity index (χ0) is 18.7. The molecular formula is C19H16FN3O3. The second-order valence-corrected chi connectivity index (χ2v) is 5.82. The largest absolute Gasteiger partial charge is 0.329 e. The Morgan fingerprint density at radius 2 is 1.85 bits per heavy atom. The molecule has 1 aliphatic rings. The van der Waals surface area contributed by atoms with E-state index in [1.807, 2.05) is 19.1 Å². The lowest BCUT2D eigenvalue weighted by molar-refractivity contribution is -0.127. The fourth-order valence-electron chi connectivity index (χ4n) is 2.44. The molecule has 1 heterocycles. The zero-order valence-electron chi connectivity index (χ0n) is 14.0. The first-order valence-corrected chi connectivity index (χ1v) is 7.89. The SMILES string of the molecule is Cc1ccc(NC(=O)CN2C(=O)NC(=Cc3ccccc3F)C2=O)cc1. The van der Waals surface area contributed by atoms with Crippen molar-refractivity contribution < 1.29 is 18.8 Å². The summed E-state index contributed by atoms with van der Waals surface area (Å²) in [6.45, 7) is 1.48. The molecule has 6 nitrogen and oxygen atoms in total. The van der Waals surface area contributed by atoms with E-state index in [0.717, 1.165) is 10.5 Å². The molecular weight excluding hydrogens is 337 g/mol. The van der Waals surface area contributed by atoms with Gasteiger partial charge in [0, 0.05) is 11.3 Å². The van der Waals surface area contributed by atoms with E-state index in [2.05, 4.69) is 10.6 Å². The average Bonchev–Trinajstić information content (AvgIpc) is 2.86. The van der Waals surface area contributed by atoms with E-state index in [0.29, 0.717) is 5.69 Å². The van der Waals surface area contributed by atoms with Gasteiger partial charge >= 0.3 is 6.03 Å². The molecule has 2 N–H and O–H groups in total. The Hall–Kier alpha value is -3.48. The summed E-state index contributed by atoms with van der Waals surface area (Å²) in [6.07, 6.45) is 1.24. The number of halogens is 1. The molecule has 0 atom stereocenters. The third kappa shape index (κ3) is 3.77. The number of carbonyl (C=O) groups excluding carboxylic acids is 3. The van der Waals surface area contributed by atoms with E-state index in [-0.39, 0.29) is 11.3 Å². The van der Waals surface area contributed by atoms with Crippen molar-refractivity contribution in [2.75, 3.05) is 11.9 Å². The van der Waals surface area contributed by atoms with Crippen molar-refractivity contribution in [3.8, 4) is 0 Å². The Morgan fingerprint density at radius 3 is 2.54 bits per heavy atom. The zero-order valence-corrected chi connectivity index (χ0v) is 14.0. The van der Waals surface area contributed by atoms with Gasteiger partial charge in [-0.05, 0) is 31.2 Å². The van der Waals surface area contributed by atoms with Crippen LogP contribution >= 0.6 is 0 Å². The van der Waals surface area contributed by atoms with Gasteiger partial charge in [-0.2, -0.15) is 0 Å². The van der Waals surface area contributed by atoms with Gasteiger partial charge in [0.05, 0.1) is 0 Å². The van der Waals surface area contributed by atoms with Crippen molar-refractivity contribution in [2.24, 2.45) is 0 Å². The first-order chi connectivity index (χ1) is 12.4. The minimum Gasteiger partial charge on any atom is -0.325 e. The lowest BCUT2D eigenvalue weighted by Crippen LogP contribution is -2.38. The van der Waals surface area contributed by atoms with Gasteiger partial charge in [0.25, 0.3) is 5.91 Å². The molecule has 1 fully saturated rings. The van der Waals surface area contributed by atoms with Crippen LogP contribution in [0.2, 0.25) is 0 Å². The fraction of sp³-hybridized carbons (Fsp3) is 0.105. The molecule has 4 amide bonds. The molecule has 0 radical (unpaired) electrons. The number of hydrogen-bond donors (Lipinski definition) is 2. The van der Waals surface area contributed by atoms with Crippen molar-refractivity contribution in [1.82, 2.24) is 10.2 Å². The minimum atomic E-state index is -0.725. The van der Waals surface area contributed by atoms with E-state index < -0.39 is 30.2 Å². The lowest BCUT2D eigenvalue weighted by Gasteiger charge is -2.12. The molecule has 26 heavy (non-hydrogen) atoms. The molecule has 0 saturated carbocycles. The highest BCUT2D eigenvalue weighted by molar-refractivity contribution is 6.15. The van der Waals surface area contributed by atoms with Crippen LogP contribution in [0.1, 0.15) is 11.1 Å². The number of carbonyl (C=O) groups is 3. The van der Waals surface area contributed by atoms with Crippen LogP contribution in [0.15, 0.2) is 54.2 Å². The molecule has 0 bridgehead atoms. The maximum atomic E-state index is 13.7. The van der Waals surface area contributed by atoms with Crippen LogP contribution in [0.4, 0.5) is 14.9 Å². The maximum Gasteiger partial charge on any atom is 0.329 e. The van der Waals surface area contributed by atoms with Crippen molar-refractivity contribution >= 4 is 29.6 Å². The standard InChI is InChI=1S/C19H16FN3O3/c1-12-6-8-14(9-7-12)21-17(24)11-23-18(25)16(22-19(23)26)10-13-4-2-3-5-15(13)20/h2-10H,11H2,1H3,(H,21,24)(H,22,26). The number of benzene rings is 2. The Morgan fingerprint density at radius 1 is 1.15 bits per heavy atom. The fourth-order valence-corrected chi connectivity index (χ4v) is 2.44. The van der Waals surface area contributed by atoms with Gasteiger partial charge < -0.3 is 10.6 Å². The third-order valence-corrected chi connectivity index (χ3v) is 3.80. The summed E-state index contributed by atoms with van der Waals surface area (Å²) in [5, 5.41) is 4.98. The first-order valence-electron chi connectivity index (χ1n) is 7.89. The molecule has 7 heteroatoms. The quantitative estimate of drug-likeness (QED) is 0.655. The van der Waals surface area contributed by atoms with Gasteiger partial charge in [0.15, 0.2) is 0 Å². The number of hydrogen-bond acceptors (Lipinski definition) is 3. The molecule has 2 aromatic carbocycles. The normalized spacial score (nSPS) is 15.3. The lowest BCUT2D eigenvalue weighted by atomic mass is 10.2. The summed E-state index contributed by atoms with van der Waals surface area (Å²) in [7, 11) is 0. The van der Waals surface area contributed by atoms with Crippen LogP contribution in [-0.4, -0.2) is 29.3 Å². The van der Waals surface area contributed by atoms with Crippen LogP contribution in [0.3, 0.4) is 0 Å². The summed E-state index contributed by atoms with van der Waals surface area (Å²) in [5.41, 5.74) is 1.69. The van der Waals surface area contributed by atoms with E-state index in [9.17, 15) is 18.8 Å². The highest BCUT2D eigenvalue weighted by Crippen LogP contribution is 2.16. The van der Waals surface area contributed by atoms with Crippen molar-refractivity contribution in [3.63, 3.8) is 0 Å². The number of urea groups is 1. The van der Waals surface area contributed by atoms with Gasteiger partial charge in [0.2, 0.25) is 5.91 Å².